The SMILES string of the molecule is O=C1C(=CC2=CC=C(N3CC4=C(C3)c3cnc5ncccc5c3C4)C2)C(=O)c2ccccc21. The van der Waals surface area contributed by atoms with Crippen LogP contribution in [-0.4, -0.2) is 39.5 Å². The minimum atomic E-state index is -0.169. The van der Waals surface area contributed by atoms with E-state index in [0.717, 1.165) is 42.5 Å². The third-order valence-electron chi connectivity index (χ3n) is 7.14. The Morgan fingerprint density at radius 3 is 2.48 bits per heavy atom. The van der Waals surface area contributed by atoms with Gasteiger partial charge in [-0.15, -0.1) is 0 Å². The van der Waals surface area contributed by atoms with Crippen LogP contribution in [0.25, 0.3) is 16.6 Å². The quantitative estimate of drug-likeness (QED) is 0.444. The second kappa shape index (κ2) is 6.69. The molecule has 0 unspecified atom stereocenters. The van der Waals surface area contributed by atoms with Crippen molar-refractivity contribution in [2.75, 3.05) is 13.1 Å². The summed E-state index contributed by atoms with van der Waals surface area (Å²) in [6, 6.07) is 11.1. The van der Waals surface area contributed by atoms with Crippen LogP contribution in [0.15, 0.2) is 89.4 Å². The normalized spacial score (nSPS) is 18.7. The van der Waals surface area contributed by atoms with Gasteiger partial charge in [-0.3, -0.25) is 9.59 Å². The first-order chi connectivity index (χ1) is 16.2. The number of Topliss-reactive ketones (excluding diaryl/α,β-unsaturated/α-hetero) is 2. The smallest absolute Gasteiger partial charge is 0.197 e. The van der Waals surface area contributed by atoms with Crippen LogP contribution in [0.1, 0.15) is 38.3 Å². The molecular weight excluding hydrogens is 410 g/mol. The fourth-order valence-corrected chi connectivity index (χ4v) is 5.51. The molecule has 0 atom stereocenters. The number of nitrogens with zero attached hydrogens (tertiary/aromatic N) is 3. The summed E-state index contributed by atoms with van der Waals surface area (Å²) in [6.07, 6.45) is 11.4. The highest BCUT2D eigenvalue weighted by atomic mass is 16.2. The van der Waals surface area contributed by atoms with E-state index < -0.39 is 0 Å². The molecule has 0 N–H and O–H groups in total. The van der Waals surface area contributed by atoms with E-state index in [9.17, 15) is 9.59 Å². The van der Waals surface area contributed by atoms with Crippen molar-refractivity contribution in [2.24, 2.45) is 0 Å². The molecule has 1 aliphatic heterocycles. The van der Waals surface area contributed by atoms with Crippen molar-refractivity contribution in [3.05, 3.63) is 112 Å². The molecule has 7 rings (SSSR count). The molecule has 5 heteroatoms. The van der Waals surface area contributed by atoms with E-state index in [-0.39, 0.29) is 17.1 Å². The Morgan fingerprint density at radius 1 is 0.848 bits per heavy atom. The van der Waals surface area contributed by atoms with Crippen LogP contribution < -0.4 is 0 Å². The summed E-state index contributed by atoms with van der Waals surface area (Å²) >= 11 is 0. The molecule has 3 aromatic rings. The maximum absolute atomic E-state index is 12.7. The van der Waals surface area contributed by atoms with E-state index in [1.165, 1.54) is 28.0 Å². The van der Waals surface area contributed by atoms with Gasteiger partial charge in [-0.1, -0.05) is 30.3 Å². The number of rotatable bonds is 2. The third-order valence-corrected chi connectivity index (χ3v) is 7.14. The molecule has 0 saturated carbocycles. The van der Waals surface area contributed by atoms with Gasteiger partial charge in [-0.05, 0) is 53.0 Å². The maximum atomic E-state index is 12.7. The Balaban J connectivity index is 1.09. The Labute approximate surface area is 190 Å². The van der Waals surface area contributed by atoms with Gasteiger partial charge in [0, 0.05) is 59.7 Å². The van der Waals surface area contributed by atoms with E-state index in [2.05, 4.69) is 27.0 Å². The third kappa shape index (κ3) is 2.65. The van der Waals surface area contributed by atoms with Crippen molar-refractivity contribution in [3.8, 4) is 0 Å². The van der Waals surface area contributed by atoms with Crippen molar-refractivity contribution < 1.29 is 9.59 Å². The van der Waals surface area contributed by atoms with Crippen molar-refractivity contribution in [1.29, 1.82) is 0 Å². The molecule has 0 spiro atoms. The molecule has 2 aromatic heterocycles. The molecule has 0 saturated heterocycles. The molecule has 4 aliphatic rings. The number of hydrogen-bond donors (Lipinski definition) is 0. The highest BCUT2D eigenvalue weighted by molar-refractivity contribution is 6.39. The number of aromatic nitrogens is 2. The first kappa shape index (κ1) is 18.5. The Bertz CT molecular complexity index is 1520. The van der Waals surface area contributed by atoms with Gasteiger partial charge in [0.25, 0.3) is 0 Å². The summed E-state index contributed by atoms with van der Waals surface area (Å²) in [5.41, 5.74) is 9.77. The first-order valence-corrected chi connectivity index (χ1v) is 11.2. The first-order valence-electron chi connectivity index (χ1n) is 11.2. The molecule has 1 aromatic carbocycles. The lowest BCUT2D eigenvalue weighted by molar-refractivity contribution is 0.0988. The maximum Gasteiger partial charge on any atom is 0.197 e. The van der Waals surface area contributed by atoms with Crippen LogP contribution in [0.4, 0.5) is 0 Å². The second-order valence-corrected chi connectivity index (χ2v) is 8.98. The molecule has 0 bridgehead atoms. The highest BCUT2D eigenvalue weighted by Gasteiger charge is 2.34. The van der Waals surface area contributed by atoms with Gasteiger partial charge in [-0.2, -0.15) is 0 Å². The van der Waals surface area contributed by atoms with Crippen LogP contribution >= 0.6 is 0 Å². The van der Waals surface area contributed by atoms with Gasteiger partial charge >= 0.3 is 0 Å². The van der Waals surface area contributed by atoms with E-state index in [4.69, 9.17) is 0 Å². The number of ketones is 2. The Morgan fingerprint density at radius 2 is 1.67 bits per heavy atom. The van der Waals surface area contributed by atoms with Gasteiger partial charge in [0.1, 0.15) is 0 Å². The number of pyridine rings is 2. The summed E-state index contributed by atoms with van der Waals surface area (Å²) in [4.78, 5) is 36.8. The zero-order valence-corrected chi connectivity index (χ0v) is 17.8. The summed E-state index contributed by atoms with van der Waals surface area (Å²) in [5.74, 6) is -0.338. The van der Waals surface area contributed by atoms with E-state index in [0.29, 0.717) is 11.1 Å². The highest BCUT2D eigenvalue weighted by Crippen LogP contribution is 2.42. The zero-order valence-electron chi connectivity index (χ0n) is 17.8. The van der Waals surface area contributed by atoms with E-state index >= 15 is 0 Å². The van der Waals surface area contributed by atoms with Gasteiger partial charge in [0.05, 0.1) is 5.57 Å². The van der Waals surface area contributed by atoms with Crippen molar-refractivity contribution in [3.63, 3.8) is 0 Å². The molecule has 0 radical (unpaired) electrons. The standard InChI is InChI=1S/C28H19N3O2/c32-26-19-4-1-2-5-20(19)27(33)23(26)11-16-7-8-18(10-16)31-14-17-12-22-21-6-3-9-29-28(21)30-13-24(22)25(17)15-31/h1-9,11,13H,10,12,14-15H2. The number of carbonyl (C=O) groups is 2. The number of hydrogen-bond acceptors (Lipinski definition) is 5. The van der Waals surface area contributed by atoms with Crippen molar-refractivity contribution >= 4 is 28.2 Å². The zero-order chi connectivity index (χ0) is 22.1. The fourth-order valence-electron chi connectivity index (χ4n) is 5.51. The van der Waals surface area contributed by atoms with Crippen molar-refractivity contribution in [2.45, 2.75) is 12.8 Å². The lowest BCUT2D eigenvalue weighted by Crippen LogP contribution is -2.21. The largest absolute Gasteiger partial charge is 0.366 e. The Kier molecular flexibility index (Phi) is 3.74. The van der Waals surface area contributed by atoms with Crippen molar-refractivity contribution in [1.82, 2.24) is 14.9 Å². The van der Waals surface area contributed by atoms with Crippen LogP contribution in [0.2, 0.25) is 0 Å². The number of benzene rings is 1. The van der Waals surface area contributed by atoms with Gasteiger partial charge in [0.2, 0.25) is 0 Å². The van der Waals surface area contributed by atoms with Crippen LogP contribution in [0.3, 0.4) is 0 Å². The average Bonchev–Trinajstić information content (AvgIpc) is 3.59. The summed E-state index contributed by atoms with van der Waals surface area (Å²) < 4.78 is 0. The molecular formula is C28H19N3O2. The van der Waals surface area contributed by atoms with Crippen LogP contribution in [-0.2, 0) is 6.42 Å². The molecule has 3 heterocycles. The van der Waals surface area contributed by atoms with E-state index in [1.807, 2.05) is 18.3 Å². The fraction of sp³-hybridized carbons (Fsp3) is 0.143. The summed E-state index contributed by atoms with van der Waals surface area (Å²) in [5, 5.41) is 1.15. The number of allylic oxidation sites excluding steroid dienone is 5. The lowest BCUT2D eigenvalue weighted by Gasteiger charge is -2.22. The Hall–Kier alpha value is -4.12. The molecule has 3 aliphatic carbocycles. The van der Waals surface area contributed by atoms with Gasteiger partial charge in [0.15, 0.2) is 17.2 Å². The summed E-state index contributed by atoms with van der Waals surface area (Å²) in [6.45, 7) is 1.77. The second-order valence-electron chi connectivity index (χ2n) is 8.98. The number of fused-ring (bicyclic) bond motifs is 5. The molecule has 0 fully saturated rings. The average molecular weight is 429 g/mol. The predicted octanol–water partition coefficient (Wildman–Crippen LogP) is 4.47. The monoisotopic (exact) mass is 429 g/mol. The van der Waals surface area contributed by atoms with Crippen LogP contribution in [0, 0.1) is 0 Å². The minimum absolute atomic E-state index is 0.169. The molecule has 5 nitrogen and oxygen atoms in total. The lowest BCUT2D eigenvalue weighted by atomic mass is 10.0. The molecule has 33 heavy (non-hydrogen) atoms. The molecule has 0 amide bonds. The van der Waals surface area contributed by atoms with E-state index in [1.54, 1.807) is 36.5 Å². The molecule has 158 valence electrons. The van der Waals surface area contributed by atoms with Gasteiger partial charge in [-0.25, -0.2) is 9.97 Å². The topological polar surface area (TPSA) is 63.2 Å². The number of carbonyl (C=O) groups excluding carboxylic acids is 2. The van der Waals surface area contributed by atoms with Crippen LogP contribution in [0.5, 0.6) is 0 Å². The summed E-state index contributed by atoms with van der Waals surface area (Å²) in [7, 11) is 0. The predicted molar refractivity (Wildman–Crippen MR) is 126 cm³/mol. The minimum Gasteiger partial charge on any atom is -0.366 e. The van der Waals surface area contributed by atoms with Gasteiger partial charge < -0.3 is 4.90 Å².